The highest BCUT2D eigenvalue weighted by Crippen LogP contribution is 2.30. The second kappa shape index (κ2) is 2.81. The average molecular weight is 195 g/mol. The molecule has 1 heterocycles. The molecule has 0 bridgehead atoms. The lowest BCUT2D eigenvalue weighted by molar-refractivity contribution is 0.112. The summed E-state index contributed by atoms with van der Waals surface area (Å²) in [5.74, 6) is -0.431. The van der Waals surface area contributed by atoms with E-state index < -0.39 is 5.82 Å². The molecule has 0 radical (unpaired) electrons. The fourth-order valence-electron chi connectivity index (χ4n) is 1.23. The number of nitrogen functional groups attached to an aromatic ring is 1. The van der Waals surface area contributed by atoms with E-state index in [1.54, 1.807) is 5.38 Å². The van der Waals surface area contributed by atoms with E-state index in [9.17, 15) is 9.18 Å². The Kier molecular flexibility index (Phi) is 1.77. The maximum absolute atomic E-state index is 12.9. The zero-order chi connectivity index (χ0) is 9.42. The predicted octanol–water partition coefficient (Wildman–Crippen LogP) is 2.44. The first-order valence-electron chi connectivity index (χ1n) is 3.64. The number of nitrogens with two attached hydrogens (primary N) is 1. The van der Waals surface area contributed by atoms with Crippen LogP contribution in [0.15, 0.2) is 17.5 Å². The van der Waals surface area contributed by atoms with Crippen LogP contribution in [0.5, 0.6) is 0 Å². The number of thiophene rings is 1. The van der Waals surface area contributed by atoms with Crippen molar-refractivity contribution in [1.29, 1.82) is 0 Å². The number of benzene rings is 1. The van der Waals surface area contributed by atoms with Crippen molar-refractivity contribution in [3.05, 3.63) is 28.9 Å². The first kappa shape index (κ1) is 8.19. The SMILES string of the molecule is Nc1csc2c(C=O)cc(F)cc12. The monoisotopic (exact) mass is 195 g/mol. The van der Waals surface area contributed by atoms with Gasteiger partial charge in [0.1, 0.15) is 5.82 Å². The Hall–Kier alpha value is -1.42. The molecule has 66 valence electrons. The summed E-state index contributed by atoms with van der Waals surface area (Å²) in [5, 5.41) is 2.32. The molecule has 0 spiro atoms. The Bertz CT molecular complexity index is 478. The minimum atomic E-state index is -0.431. The smallest absolute Gasteiger partial charge is 0.151 e. The lowest BCUT2D eigenvalue weighted by atomic mass is 10.1. The molecule has 1 aromatic carbocycles. The molecule has 4 heteroatoms. The van der Waals surface area contributed by atoms with Crippen LogP contribution >= 0.6 is 11.3 Å². The molecule has 2 rings (SSSR count). The second-order valence-electron chi connectivity index (χ2n) is 2.68. The van der Waals surface area contributed by atoms with Crippen LogP contribution in [0.4, 0.5) is 10.1 Å². The van der Waals surface area contributed by atoms with Gasteiger partial charge in [0, 0.05) is 21.0 Å². The second-order valence-corrected chi connectivity index (χ2v) is 3.56. The van der Waals surface area contributed by atoms with Crippen LogP contribution in [0.2, 0.25) is 0 Å². The first-order chi connectivity index (χ1) is 6.22. The molecule has 0 unspecified atom stereocenters. The van der Waals surface area contributed by atoms with Gasteiger partial charge in [0.15, 0.2) is 6.29 Å². The van der Waals surface area contributed by atoms with Crippen LogP contribution in [-0.4, -0.2) is 6.29 Å². The van der Waals surface area contributed by atoms with Crippen LogP contribution in [-0.2, 0) is 0 Å². The van der Waals surface area contributed by atoms with Crippen molar-refractivity contribution in [2.75, 3.05) is 5.73 Å². The van der Waals surface area contributed by atoms with Gasteiger partial charge in [-0.15, -0.1) is 11.3 Å². The number of carbonyl (C=O) groups excluding carboxylic acids is 1. The highest BCUT2D eigenvalue weighted by molar-refractivity contribution is 7.18. The zero-order valence-electron chi connectivity index (χ0n) is 6.58. The zero-order valence-corrected chi connectivity index (χ0v) is 7.40. The van der Waals surface area contributed by atoms with E-state index in [1.807, 2.05) is 0 Å². The Morgan fingerprint density at radius 2 is 2.23 bits per heavy atom. The van der Waals surface area contributed by atoms with Crippen molar-refractivity contribution in [2.45, 2.75) is 0 Å². The summed E-state index contributed by atoms with van der Waals surface area (Å²) in [7, 11) is 0. The van der Waals surface area contributed by atoms with Gasteiger partial charge >= 0.3 is 0 Å². The van der Waals surface area contributed by atoms with E-state index in [4.69, 9.17) is 5.73 Å². The lowest BCUT2D eigenvalue weighted by Crippen LogP contribution is -1.85. The van der Waals surface area contributed by atoms with Gasteiger partial charge in [-0.25, -0.2) is 4.39 Å². The molecule has 2 nitrogen and oxygen atoms in total. The summed E-state index contributed by atoms with van der Waals surface area (Å²) in [4.78, 5) is 10.6. The molecule has 0 fully saturated rings. The largest absolute Gasteiger partial charge is 0.398 e. The van der Waals surface area contributed by atoms with E-state index in [2.05, 4.69) is 0 Å². The van der Waals surface area contributed by atoms with Crippen molar-refractivity contribution in [1.82, 2.24) is 0 Å². The number of fused-ring (bicyclic) bond motifs is 1. The number of hydrogen-bond donors (Lipinski definition) is 1. The van der Waals surface area contributed by atoms with Gasteiger partial charge in [-0.3, -0.25) is 4.79 Å². The van der Waals surface area contributed by atoms with Gasteiger partial charge in [0.2, 0.25) is 0 Å². The third kappa shape index (κ3) is 1.19. The minimum Gasteiger partial charge on any atom is -0.398 e. The van der Waals surface area contributed by atoms with Crippen LogP contribution in [0.1, 0.15) is 10.4 Å². The molecule has 0 aliphatic carbocycles. The summed E-state index contributed by atoms with van der Waals surface area (Å²) in [6, 6.07) is 2.55. The van der Waals surface area contributed by atoms with Gasteiger partial charge in [0.05, 0.1) is 5.69 Å². The highest BCUT2D eigenvalue weighted by Gasteiger charge is 2.07. The number of hydrogen-bond acceptors (Lipinski definition) is 3. The van der Waals surface area contributed by atoms with Gasteiger partial charge in [-0.1, -0.05) is 0 Å². The molecule has 2 aromatic rings. The third-order valence-electron chi connectivity index (χ3n) is 1.82. The summed E-state index contributed by atoms with van der Waals surface area (Å²) in [6.07, 6.45) is 0.640. The molecule has 2 N–H and O–H groups in total. The number of carbonyl (C=O) groups is 1. The fourth-order valence-corrected chi connectivity index (χ4v) is 2.15. The number of aldehydes is 1. The summed E-state index contributed by atoms with van der Waals surface area (Å²) in [5.41, 5.74) is 6.47. The molecule has 0 saturated heterocycles. The van der Waals surface area contributed by atoms with Crippen molar-refractivity contribution >= 4 is 33.4 Å². The quantitative estimate of drug-likeness (QED) is 0.710. The molecule has 1 aromatic heterocycles. The van der Waals surface area contributed by atoms with E-state index in [0.717, 1.165) is 4.70 Å². The molecule has 0 atom stereocenters. The Morgan fingerprint density at radius 1 is 1.46 bits per heavy atom. The maximum atomic E-state index is 12.9. The molecule has 0 aliphatic heterocycles. The number of rotatable bonds is 1. The summed E-state index contributed by atoms with van der Waals surface area (Å²) in [6.45, 7) is 0. The van der Waals surface area contributed by atoms with Gasteiger partial charge in [0.25, 0.3) is 0 Å². The third-order valence-corrected chi connectivity index (χ3v) is 2.89. The van der Waals surface area contributed by atoms with Crippen molar-refractivity contribution in [2.24, 2.45) is 0 Å². The van der Waals surface area contributed by atoms with Crippen LogP contribution in [0, 0.1) is 5.82 Å². The summed E-state index contributed by atoms with van der Waals surface area (Å²) < 4.78 is 13.7. The van der Waals surface area contributed by atoms with Crippen molar-refractivity contribution < 1.29 is 9.18 Å². The predicted molar refractivity (Wildman–Crippen MR) is 51.6 cm³/mol. The average Bonchev–Trinajstić information content (AvgIpc) is 2.47. The standard InChI is InChI=1S/C9H6FNOS/c10-6-1-5(3-12)9-7(2-6)8(11)4-13-9/h1-4H,11H2. The van der Waals surface area contributed by atoms with E-state index in [-0.39, 0.29) is 0 Å². The van der Waals surface area contributed by atoms with Crippen LogP contribution in [0.25, 0.3) is 10.1 Å². The van der Waals surface area contributed by atoms with Crippen LogP contribution in [0.3, 0.4) is 0 Å². The molecular weight excluding hydrogens is 189 g/mol. The molecule has 0 saturated carbocycles. The highest BCUT2D eigenvalue weighted by atomic mass is 32.1. The number of anilines is 1. The Morgan fingerprint density at radius 3 is 2.92 bits per heavy atom. The molecule has 13 heavy (non-hydrogen) atoms. The Balaban J connectivity index is 2.91. The van der Waals surface area contributed by atoms with E-state index in [0.29, 0.717) is 22.9 Å². The molecule has 0 amide bonds. The van der Waals surface area contributed by atoms with Gasteiger partial charge < -0.3 is 5.73 Å². The first-order valence-corrected chi connectivity index (χ1v) is 4.51. The summed E-state index contributed by atoms with van der Waals surface area (Å²) >= 11 is 1.35. The van der Waals surface area contributed by atoms with Crippen molar-refractivity contribution in [3.8, 4) is 0 Å². The molecular formula is C9H6FNOS. The van der Waals surface area contributed by atoms with Gasteiger partial charge in [-0.2, -0.15) is 0 Å². The molecule has 0 aliphatic rings. The maximum Gasteiger partial charge on any atom is 0.151 e. The van der Waals surface area contributed by atoms with Crippen molar-refractivity contribution in [3.63, 3.8) is 0 Å². The van der Waals surface area contributed by atoms with E-state index >= 15 is 0 Å². The Labute approximate surface area is 77.8 Å². The minimum absolute atomic E-state index is 0.358. The van der Waals surface area contributed by atoms with Gasteiger partial charge in [-0.05, 0) is 12.1 Å². The fraction of sp³-hybridized carbons (Fsp3) is 0. The van der Waals surface area contributed by atoms with Crippen LogP contribution < -0.4 is 5.73 Å². The van der Waals surface area contributed by atoms with E-state index in [1.165, 1.54) is 23.5 Å². The lowest BCUT2D eigenvalue weighted by Gasteiger charge is -1.95. The topological polar surface area (TPSA) is 43.1 Å². The normalized spacial score (nSPS) is 10.5. The number of halogens is 1.